The SMILES string of the molecule is COc1ccc(C2=NC(c3cccc(NC(=O)c4cccc(-c5ccc(C6=NC(c7cccc(NC(=O)c8ccccc8)c7)=CCCC6)cc5)c4)c3)=CCCC2)cc1. The van der Waals surface area contributed by atoms with E-state index in [9.17, 15) is 9.59 Å². The zero-order chi connectivity index (χ0) is 39.7. The maximum Gasteiger partial charge on any atom is 0.255 e. The number of benzene rings is 6. The number of carbonyl (C=O) groups is 2. The Labute approximate surface area is 339 Å². The fourth-order valence-electron chi connectivity index (χ4n) is 7.28. The predicted octanol–water partition coefficient (Wildman–Crippen LogP) is 11.9. The molecule has 0 aromatic heterocycles. The summed E-state index contributed by atoms with van der Waals surface area (Å²) in [6, 6.07) is 49.1. The van der Waals surface area contributed by atoms with Crippen LogP contribution in [0.4, 0.5) is 11.4 Å². The molecule has 0 unspecified atom stereocenters. The summed E-state index contributed by atoms with van der Waals surface area (Å²) in [6.07, 6.45) is 9.96. The molecule has 8 rings (SSSR count). The van der Waals surface area contributed by atoms with Crippen LogP contribution in [0.1, 0.15) is 81.5 Å². The number of nitrogens with zero attached hydrogens (tertiary/aromatic N) is 2. The summed E-state index contributed by atoms with van der Waals surface area (Å²) in [5.74, 6) is 0.498. The number of nitrogens with one attached hydrogen (secondary N) is 2. The number of hydrogen-bond acceptors (Lipinski definition) is 5. The second kappa shape index (κ2) is 17.8. The Morgan fingerprint density at radius 1 is 0.483 bits per heavy atom. The highest BCUT2D eigenvalue weighted by atomic mass is 16.5. The maximum atomic E-state index is 13.6. The van der Waals surface area contributed by atoms with Crippen LogP contribution in [0.5, 0.6) is 5.75 Å². The van der Waals surface area contributed by atoms with E-state index in [4.69, 9.17) is 14.7 Å². The van der Waals surface area contributed by atoms with Crippen LogP contribution in [0.25, 0.3) is 22.5 Å². The lowest BCUT2D eigenvalue weighted by Gasteiger charge is -2.11. The average Bonchev–Trinajstić information content (AvgIpc) is 3.69. The Kier molecular flexibility index (Phi) is 11.6. The van der Waals surface area contributed by atoms with Gasteiger partial charge in [0.25, 0.3) is 11.8 Å². The number of amides is 2. The van der Waals surface area contributed by atoms with Crippen molar-refractivity contribution in [3.05, 3.63) is 197 Å². The molecule has 2 aliphatic heterocycles. The molecule has 0 spiro atoms. The number of allylic oxidation sites excluding steroid dienone is 2. The van der Waals surface area contributed by atoms with E-state index in [1.807, 2.05) is 103 Å². The lowest BCUT2D eigenvalue weighted by Crippen LogP contribution is -2.12. The quantitative estimate of drug-likeness (QED) is 0.146. The summed E-state index contributed by atoms with van der Waals surface area (Å²) in [5, 5.41) is 6.13. The first kappa shape index (κ1) is 37.8. The molecular formula is C51H44N4O3. The minimum atomic E-state index is -0.177. The van der Waals surface area contributed by atoms with Crippen molar-refractivity contribution in [2.24, 2.45) is 9.98 Å². The average molecular weight is 761 g/mol. The van der Waals surface area contributed by atoms with E-state index in [-0.39, 0.29) is 11.8 Å². The Hall–Kier alpha value is -7.12. The highest BCUT2D eigenvalue weighted by molar-refractivity contribution is 6.07. The maximum absolute atomic E-state index is 13.6. The topological polar surface area (TPSA) is 92.2 Å². The molecule has 0 saturated heterocycles. The van der Waals surface area contributed by atoms with Crippen molar-refractivity contribution in [3.63, 3.8) is 0 Å². The minimum absolute atomic E-state index is 0.146. The summed E-state index contributed by atoms with van der Waals surface area (Å²) in [4.78, 5) is 36.6. The Balaban J connectivity index is 0.949. The minimum Gasteiger partial charge on any atom is -0.497 e. The highest BCUT2D eigenvalue weighted by Crippen LogP contribution is 2.29. The molecule has 0 radical (unpaired) electrons. The van der Waals surface area contributed by atoms with Gasteiger partial charge in [0, 0.05) is 45.1 Å². The van der Waals surface area contributed by atoms with Crippen molar-refractivity contribution < 1.29 is 14.3 Å². The fraction of sp³-hybridized carbons (Fsp3) is 0.137. The number of aliphatic imine (C=N–C) groups is 2. The molecule has 2 heterocycles. The summed E-state index contributed by atoms with van der Waals surface area (Å²) in [7, 11) is 1.67. The van der Waals surface area contributed by atoms with E-state index in [1.54, 1.807) is 19.2 Å². The molecule has 0 bridgehead atoms. The van der Waals surface area contributed by atoms with Crippen LogP contribution >= 0.6 is 0 Å². The largest absolute Gasteiger partial charge is 0.497 e. The molecule has 2 N–H and O–H groups in total. The number of methoxy groups -OCH3 is 1. The van der Waals surface area contributed by atoms with Gasteiger partial charge in [0.1, 0.15) is 5.75 Å². The van der Waals surface area contributed by atoms with Crippen LogP contribution in [0, 0.1) is 0 Å². The Morgan fingerprint density at radius 2 is 0.966 bits per heavy atom. The number of carbonyl (C=O) groups excluding carboxylic acids is 2. The van der Waals surface area contributed by atoms with Crippen molar-refractivity contribution >= 4 is 46.0 Å². The zero-order valence-corrected chi connectivity index (χ0v) is 32.5. The second-order valence-corrected chi connectivity index (χ2v) is 14.4. The number of rotatable bonds is 10. The van der Waals surface area contributed by atoms with Gasteiger partial charge in [0.2, 0.25) is 0 Å². The van der Waals surface area contributed by atoms with Crippen LogP contribution in [0.2, 0.25) is 0 Å². The van der Waals surface area contributed by atoms with Crippen molar-refractivity contribution in [2.45, 2.75) is 38.5 Å². The number of anilines is 2. The Bertz CT molecular complexity index is 2570. The number of ether oxygens (including phenoxy) is 1. The smallest absolute Gasteiger partial charge is 0.255 e. The molecular weight excluding hydrogens is 717 g/mol. The monoisotopic (exact) mass is 760 g/mol. The molecule has 7 heteroatoms. The lowest BCUT2D eigenvalue weighted by molar-refractivity contribution is 0.101. The fourth-order valence-corrected chi connectivity index (χ4v) is 7.28. The number of hydrogen-bond donors (Lipinski definition) is 2. The molecule has 286 valence electrons. The molecule has 0 fully saturated rings. The first-order chi connectivity index (χ1) is 28.5. The standard InChI is InChI=1S/C51H44N4O3/c1-58-45-30-28-37(29-31-45)47-21-6-8-23-49(55-47)41-16-11-19-44(34-41)53-51(57)42-17-9-14-39(32-42)35-24-26-36(27-25-35)46-20-5-7-22-48(54-46)40-15-10-18-43(33-40)52-50(56)38-12-3-2-4-13-38/h2-4,9-19,22-34H,5-8,20-21H2,1H3,(H,52,56)(H,53,57). The summed E-state index contributed by atoms with van der Waals surface area (Å²) in [6.45, 7) is 0. The van der Waals surface area contributed by atoms with Gasteiger partial charge in [-0.2, -0.15) is 0 Å². The molecule has 58 heavy (non-hydrogen) atoms. The normalized spacial score (nSPS) is 14.1. The third-order valence-corrected chi connectivity index (χ3v) is 10.4. The van der Waals surface area contributed by atoms with E-state index in [0.717, 1.165) is 106 Å². The molecule has 0 saturated carbocycles. The third kappa shape index (κ3) is 9.11. The summed E-state index contributed by atoms with van der Waals surface area (Å²) >= 11 is 0. The van der Waals surface area contributed by atoms with Gasteiger partial charge >= 0.3 is 0 Å². The van der Waals surface area contributed by atoms with Gasteiger partial charge in [-0.15, -0.1) is 0 Å². The molecule has 6 aromatic rings. The summed E-state index contributed by atoms with van der Waals surface area (Å²) in [5.41, 5.74) is 12.5. The second-order valence-electron chi connectivity index (χ2n) is 14.4. The van der Waals surface area contributed by atoms with E-state index in [1.165, 1.54) is 0 Å². The molecule has 0 aliphatic carbocycles. The first-order valence-corrected chi connectivity index (χ1v) is 19.8. The van der Waals surface area contributed by atoms with Crippen LogP contribution in [-0.4, -0.2) is 30.3 Å². The molecule has 6 aromatic carbocycles. The van der Waals surface area contributed by atoms with Crippen LogP contribution in [0.15, 0.2) is 174 Å². The zero-order valence-electron chi connectivity index (χ0n) is 32.5. The molecule has 0 atom stereocenters. The van der Waals surface area contributed by atoms with E-state index >= 15 is 0 Å². The molecule has 7 nitrogen and oxygen atoms in total. The van der Waals surface area contributed by atoms with Gasteiger partial charge in [-0.05, 0) is 134 Å². The lowest BCUT2D eigenvalue weighted by atomic mass is 9.99. The van der Waals surface area contributed by atoms with E-state index in [2.05, 4.69) is 59.2 Å². The van der Waals surface area contributed by atoms with Crippen molar-refractivity contribution in [3.8, 4) is 16.9 Å². The van der Waals surface area contributed by atoms with Crippen LogP contribution in [0.3, 0.4) is 0 Å². The highest BCUT2D eigenvalue weighted by Gasteiger charge is 2.15. The van der Waals surface area contributed by atoms with Crippen molar-refractivity contribution in [2.75, 3.05) is 17.7 Å². The van der Waals surface area contributed by atoms with Crippen molar-refractivity contribution in [1.29, 1.82) is 0 Å². The van der Waals surface area contributed by atoms with E-state index in [0.29, 0.717) is 16.8 Å². The van der Waals surface area contributed by atoms with Gasteiger partial charge in [-0.25, -0.2) is 0 Å². The summed E-state index contributed by atoms with van der Waals surface area (Å²) < 4.78 is 5.34. The predicted molar refractivity (Wildman–Crippen MR) is 237 cm³/mol. The van der Waals surface area contributed by atoms with Gasteiger partial charge < -0.3 is 15.4 Å². The molecule has 2 amide bonds. The Morgan fingerprint density at radius 3 is 1.53 bits per heavy atom. The van der Waals surface area contributed by atoms with Gasteiger partial charge in [-0.1, -0.05) is 91.0 Å². The first-order valence-electron chi connectivity index (χ1n) is 19.8. The van der Waals surface area contributed by atoms with Crippen LogP contribution < -0.4 is 15.4 Å². The third-order valence-electron chi connectivity index (χ3n) is 10.4. The van der Waals surface area contributed by atoms with Gasteiger partial charge in [0.15, 0.2) is 0 Å². The van der Waals surface area contributed by atoms with Crippen LogP contribution in [-0.2, 0) is 0 Å². The molecule has 2 aliphatic rings. The van der Waals surface area contributed by atoms with Crippen molar-refractivity contribution in [1.82, 2.24) is 0 Å². The van der Waals surface area contributed by atoms with E-state index < -0.39 is 0 Å². The van der Waals surface area contributed by atoms with Gasteiger partial charge in [-0.3, -0.25) is 19.6 Å². The van der Waals surface area contributed by atoms with Gasteiger partial charge in [0.05, 0.1) is 18.5 Å².